The van der Waals surface area contributed by atoms with Crippen LogP contribution in [0.5, 0.6) is 5.75 Å². The van der Waals surface area contributed by atoms with E-state index in [1.807, 2.05) is 36.6 Å². The first-order valence-corrected chi connectivity index (χ1v) is 10.1. The molecule has 1 N–H and O–H groups in total. The first-order valence-electron chi connectivity index (χ1n) is 8.77. The van der Waals surface area contributed by atoms with Gasteiger partial charge in [-0.25, -0.2) is 14.3 Å². The van der Waals surface area contributed by atoms with Gasteiger partial charge in [-0.1, -0.05) is 24.3 Å². The molecule has 1 aliphatic rings. The topological polar surface area (TPSA) is 54.5 Å². The van der Waals surface area contributed by atoms with E-state index in [1.54, 1.807) is 29.5 Å². The van der Waals surface area contributed by atoms with Gasteiger partial charge in [0.15, 0.2) is 5.11 Å². The molecular formula is C21H16FN3O2S2. The first-order chi connectivity index (χ1) is 14.0. The Hall–Kier alpha value is -3.10. The number of thiazole rings is 1. The Kier molecular flexibility index (Phi) is 5.37. The molecule has 2 heterocycles. The van der Waals surface area contributed by atoms with E-state index in [4.69, 9.17) is 17.0 Å². The van der Waals surface area contributed by atoms with E-state index in [0.29, 0.717) is 12.4 Å². The second-order valence-corrected chi connectivity index (χ2v) is 7.74. The number of aryl methyl sites for hydroxylation is 1. The van der Waals surface area contributed by atoms with Crippen molar-refractivity contribution in [3.8, 4) is 5.75 Å². The predicted molar refractivity (Wildman–Crippen MR) is 115 cm³/mol. The van der Waals surface area contributed by atoms with Crippen LogP contribution in [0.25, 0.3) is 6.08 Å². The quantitative estimate of drug-likeness (QED) is 0.484. The fourth-order valence-corrected chi connectivity index (χ4v) is 3.73. The van der Waals surface area contributed by atoms with E-state index in [9.17, 15) is 9.18 Å². The number of aromatic nitrogens is 1. The molecule has 1 amide bonds. The van der Waals surface area contributed by atoms with Gasteiger partial charge in [0, 0.05) is 5.38 Å². The van der Waals surface area contributed by atoms with Gasteiger partial charge in [0.2, 0.25) is 0 Å². The molecule has 5 nitrogen and oxygen atoms in total. The zero-order valence-electron chi connectivity index (χ0n) is 15.4. The summed E-state index contributed by atoms with van der Waals surface area (Å²) in [6.07, 6.45) is 1.67. The molecule has 0 aliphatic carbocycles. The first kappa shape index (κ1) is 19.2. The van der Waals surface area contributed by atoms with Gasteiger partial charge >= 0.3 is 0 Å². The Bertz CT molecular complexity index is 1110. The number of hydrogen-bond acceptors (Lipinski definition) is 5. The van der Waals surface area contributed by atoms with Crippen LogP contribution in [0.4, 0.5) is 10.1 Å². The molecule has 0 saturated carbocycles. The molecule has 0 spiro atoms. The molecule has 29 heavy (non-hydrogen) atoms. The number of thiocarbonyl (C=S) groups is 1. The average Bonchev–Trinajstić information content (AvgIpc) is 3.25. The largest absolute Gasteiger partial charge is 0.487 e. The normalized spacial score (nSPS) is 15.1. The molecule has 0 bridgehead atoms. The number of amides is 1. The van der Waals surface area contributed by atoms with Gasteiger partial charge in [-0.05, 0) is 55.0 Å². The minimum Gasteiger partial charge on any atom is -0.487 e. The van der Waals surface area contributed by atoms with Crippen molar-refractivity contribution in [2.24, 2.45) is 0 Å². The van der Waals surface area contributed by atoms with Crippen molar-refractivity contribution in [2.45, 2.75) is 13.5 Å². The fraction of sp³-hybridized carbons (Fsp3) is 0.0952. The lowest BCUT2D eigenvalue weighted by molar-refractivity contribution is -0.113. The lowest BCUT2D eigenvalue weighted by atomic mass is 10.2. The molecule has 2 aromatic carbocycles. The molecule has 1 aromatic heterocycles. The monoisotopic (exact) mass is 425 g/mol. The highest BCUT2D eigenvalue weighted by Crippen LogP contribution is 2.25. The summed E-state index contributed by atoms with van der Waals surface area (Å²) >= 11 is 6.80. The molecule has 3 aromatic rings. The summed E-state index contributed by atoms with van der Waals surface area (Å²) in [5.41, 5.74) is 2.08. The third-order valence-electron chi connectivity index (χ3n) is 4.22. The highest BCUT2D eigenvalue weighted by molar-refractivity contribution is 7.80. The predicted octanol–water partition coefficient (Wildman–Crippen LogP) is 4.43. The number of nitrogens with zero attached hydrogens (tertiary/aromatic N) is 2. The van der Waals surface area contributed by atoms with Crippen LogP contribution in [0.15, 0.2) is 59.6 Å². The van der Waals surface area contributed by atoms with Crippen molar-refractivity contribution in [3.05, 3.63) is 81.7 Å². The minimum atomic E-state index is -0.511. The van der Waals surface area contributed by atoms with Crippen LogP contribution in [-0.4, -0.2) is 16.0 Å². The highest BCUT2D eigenvalue weighted by Gasteiger charge is 2.33. The Balaban J connectivity index is 1.47. The Morgan fingerprint density at radius 1 is 1.24 bits per heavy atom. The second-order valence-electron chi connectivity index (χ2n) is 6.30. The number of carbonyl (C=O) groups is 1. The smallest absolute Gasteiger partial charge is 0.281 e. The minimum absolute atomic E-state index is 0.124. The lowest BCUT2D eigenvalue weighted by Gasteiger charge is -2.14. The fourth-order valence-electron chi connectivity index (χ4n) is 2.85. The number of nitrogens with one attached hydrogen (secondary N) is 1. The SMILES string of the molecule is Cc1nc(COc2ccc(/C=C3/NC(=S)N(c4ccccc4F)C3=O)cc2)cs1. The van der Waals surface area contributed by atoms with Crippen LogP contribution in [-0.2, 0) is 11.4 Å². The Labute approximate surface area is 176 Å². The molecule has 146 valence electrons. The number of ether oxygens (including phenoxy) is 1. The van der Waals surface area contributed by atoms with Crippen LogP contribution in [0.3, 0.4) is 0 Å². The molecule has 0 unspecified atom stereocenters. The summed E-state index contributed by atoms with van der Waals surface area (Å²) < 4.78 is 19.8. The van der Waals surface area contributed by atoms with Crippen LogP contribution in [0.1, 0.15) is 16.3 Å². The van der Waals surface area contributed by atoms with Gasteiger partial charge in [-0.15, -0.1) is 11.3 Å². The van der Waals surface area contributed by atoms with Crippen molar-refractivity contribution in [1.82, 2.24) is 10.3 Å². The summed E-state index contributed by atoms with van der Waals surface area (Å²) in [6, 6.07) is 13.3. The zero-order valence-corrected chi connectivity index (χ0v) is 17.0. The molecule has 0 atom stereocenters. The zero-order chi connectivity index (χ0) is 20.4. The maximum atomic E-state index is 14.1. The van der Waals surface area contributed by atoms with Crippen molar-refractivity contribution < 1.29 is 13.9 Å². The summed E-state index contributed by atoms with van der Waals surface area (Å²) in [5.74, 6) is -0.214. The van der Waals surface area contributed by atoms with Crippen molar-refractivity contribution in [3.63, 3.8) is 0 Å². The average molecular weight is 426 g/mol. The van der Waals surface area contributed by atoms with Gasteiger partial charge in [-0.2, -0.15) is 0 Å². The number of halogens is 1. The standard InChI is InChI=1S/C21H16FN3O2S2/c1-13-23-15(12-29-13)11-27-16-8-6-14(7-9-16)10-18-20(26)25(21(28)24-18)19-5-3-2-4-17(19)22/h2-10,12H,11H2,1H3,(H,24,28)/b18-10+. The van der Waals surface area contributed by atoms with Gasteiger partial charge in [0.1, 0.15) is 23.9 Å². The highest BCUT2D eigenvalue weighted by atomic mass is 32.1. The lowest BCUT2D eigenvalue weighted by Crippen LogP contribution is -2.31. The van der Waals surface area contributed by atoms with Crippen molar-refractivity contribution in [1.29, 1.82) is 0 Å². The summed E-state index contributed by atoms with van der Waals surface area (Å²) in [4.78, 5) is 18.2. The van der Waals surface area contributed by atoms with E-state index in [0.717, 1.165) is 21.2 Å². The number of carbonyl (C=O) groups excluding carboxylic acids is 1. The summed E-state index contributed by atoms with van der Waals surface area (Å²) in [6.45, 7) is 2.35. The van der Waals surface area contributed by atoms with Gasteiger partial charge in [-0.3, -0.25) is 4.79 Å². The van der Waals surface area contributed by atoms with Crippen LogP contribution >= 0.6 is 23.6 Å². The number of anilines is 1. The van der Waals surface area contributed by atoms with Crippen LogP contribution in [0.2, 0.25) is 0 Å². The molecule has 8 heteroatoms. The molecule has 1 aliphatic heterocycles. The van der Waals surface area contributed by atoms with E-state index in [2.05, 4.69) is 10.3 Å². The number of benzene rings is 2. The Morgan fingerprint density at radius 3 is 2.69 bits per heavy atom. The number of para-hydroxylation sites is 1. The van der Waals surface area contributed by atoms with Crippen molar-refractivity contribution in [2.75, 3.05) is 4.90 Å². The van der Waals surface area contributed by atoms with Crippen LogP contribution in [0, 0.1) is 12.7 Å². The van der Waals surface area contributed by atoms with Gasteiger partial charge in [0.25, 0.3) is 5.91 Å². The van der Waals surface area contributed by atoms with E-state index in [1.165, 1.54) is 12.1 Å². The molecular weight excluding hydrogens is 409 g/mol. The van der Waals surface area contributed by atoms with Crippen molar-refractivity contribution >= 4 is 46.3 Å². The maximum Gasteiger partial charge on any atom is 0.281 e. The van der Waals surface area contributed by atoms with Gasteiger partial charge < -0.3 is 10.1 Å². The van der Waals surface area contributed by atoms with E-state index < -0.39 is 11.7 Å². The van der Waals surface area contributed by atoms with E-state index >= 15 is 0 Å². The van der Waals surface area contributed by atoms with E-state index in [-0.39, 0.29) is 16.5 Å². The van der Waals surface area contributed by atoms with Gasteiger partial charge in [0.05, 0.1) is 16.4 Å². The molecule has 1 saturated heterocycles. The Morgan fingerprint density at radius 2 is 2.00 bits per heavy atom. The van der Waals surface area contributed by atoms with Crippen LogP contribution < -0.4 is 15.0 Å². The molecule has 0 radical (unpaired) electrons. The number of rotatable bonds is 5. The molecule has 1 fully saturated rings. The summed E-state index contributed by atoms with van der Waals surface area (Å²) in [5, 5.41) is 5.97. The third kappa shape index (κ3) is 4.18. The third-order valence-corrected chi connectivity index (χ3v) is 5.32. The maximum absolute atomic E-state index is 14.1. The number of hydrogen-bond donors (Lipinski definition) is 1. The second kappa shape index (κ2) is 8.10. The molecule has 4 rings (SSSR count). The summed E-state index contributed by atoms with van der Waals surface area (Å²) in [7, 11) is 0.